The van der Waals surface area contributed by atoms with Crippen LogP contribution in [0.1, 0.15) is 15.9 Å². The minimum absolute atomic E-state index is 0.406. The Labute approximate surface area is 129 Å². The Hall–Kier alpha value is -2.40. The second-order valence-electron chi connectivity index (χ2n) is 4.43. The number of para-hydroxylation sites is 2. The molecule has 21 heavy (non-hydrogen) atoms. The Morgan fingerprint density at radius 3 is 2.24 bits per heavy atom. The van der Waals surface area contributed by atoms with Crippen LogP contribution < -0.4 is 10.6 Å². The van der Waals surface area contributed by atoms with Crippen LogP contribution in [0.15, 0.2) is 48.5 Å². The molecule has 2 aromatic rings. The molecule has 0 spiro atoms. The number of thiocarbonyl (C=S) groups is 1. The fraction of sp³-hybridized carbons (Fsp3) is 0.125. The molecule has 0 fully saturated rings. The first-order chi connectivity index (χ1) is 10.1. The van der Waals surface area contributed by atoms with E-state index in [0.717, 1.165) is 11.3 Å². The third kappa shape index (κ3) is 3.79. The maximum Gasteiger partial charge on any atom is 0.339 e. The van der Waals surface area contributed by atoms with Crippen molar-refractivity contribution < 1.29 is 9.53 Å². The maximum absolute atomic E-state index is 11.7. The van der Waals surface area contributed by atoms with Crippen molar-refractivity contribution in [3.8, 4) is 0 Å². The van der Waals surface area contributed by atoms with Gasteiger partial charge >= 0.3 is 5.97 Å². The number of methoxy groups -OCH3 is 1. The smallest absolute Gasteiger partial charge is 0.339 e. The number of ether oxygens (including phenoxy) is 1. The number of carbonyl (C=O) groups is 1. The quantitative estimate of drug-likeness (QED) is 0.670. The van der Waals surface area contributed by atoms with Gasteiger partial charge in [0, 0.05) is 5.69 Å². The van der Waals surface area contributed by atoms with E-state index in [1.807, 2.05) is 37.3 Å². The number of hydrogen-bond acceptors (Lipinski definition) is 3. The first kappa shape index (κ1) is 15.0. The van der Waals surface area contributed by atoms with Crippen molar-refractivity contribution in [2.24, 2.45) is 0 Å². The lowest BCUT2D eigenvalue weighted by Crippen LogP contribution is -2.21. The monoisotopic (exact) mass is 300 g/mol. The summed E-state index contributed by atoms with van der Waals surface area (Å²) in [5, 5.41) is 6.55. The van der Waals surface area contributed by atoms with E-state index in [1.165, 1.54) is 7.11 Å². The molecule has 0 amide bonds. The lowest BCUT2D eigenvalue weighted by atomic mass is 10.2. The number of hydrogen-bond donors (Lipinski definition) is 2. The number of carbonyl (C=O) groups excluding carboxylic acids is 1. The molecular weight excluding hydrogens is 284 g/mol. The third-order valence-corrected chi connectivity index (χ3v) is 3.18. The zero-order valence-corrected chi connectivity index (χ0v) is 12.7. The highest BCUT2D eigenvalue weighted by atomic mass is 32.1. The van der Waals surface area contributed by atoms with Crippen LogP contribution in [-0.4, -0.2) is 18.2 Å². The summed E-state index contributed by atoms with van der Waals surface area (Å²) in [5.41, 5.74) is 3.05. The standard InChI is InChI=1S/C16H16N2O2S/c1-11-7-3-5-9-13(11)17-16(21)18-14-10-6-4-8-12(14)15(19)20-2/h3-10H,1-2H3,(H2,17,18,21). The van der Waals surface area contributed by atoms with Crippen molar-refractivity contribution in [1.29, 1.82) is 0 Å². The number of esters is 1. The zero-order valence-electron chi connectivity index (χ0n) is 11.8. The number of nitrogens with one attached hydrogen (secondary N) is 2. The van der Waals surface area contributed by atoms with Crippen LogP contribution >= 0.6 is 12.2 Å². The first-order valence-corrected chi connectivity index (χ1v) is 6.83. The molecule has 0 saturated carbocycles. The van der Waals surface area contributed by atoms with Crippen LogP contribution in [-0.2, 0) is 4.74 Å². The molecule has 0 heterocycles. The van der Waals surface area contributed by atoms with Crippen molar-refractivity contribution in [3.05, 3.63) is 59.7 Å². The highest BCUT2D eigenvalue weighted by Gasteiger charge is 2.12. The van der Waals surface area contributed by atoms with Gasteiger partial charge in [-0.2, -0.15) is 0 Å². The van der Waals surface area contributed by atoms with Gasteiger partial charge in [-0.05, 0) is 42.9 Å². The average molecular weight is 300 g/mol. The van der Waals surface area contributed by atoms with Gasteiger partial charge in [0.05, 0.1) is 18.4 Å². The molecular formula is C16H16N2O2S. The van der Waals surface area contributed by atoms with Crippen molar-refractivity contribution in [2.75, 3.05) is 17.7 Å². The number of aryl methyl sites for hydroxylation is 1. The fourth-order valence-corrected chi connectivity index (χ4v) is 2.09. The third-order valence-electron chi connectivity index (χ3n) is 2.97. The average Bonchev–Trinajstić information content (AvgIpc) is 2.49. The maximum atomic E-state index is 11.7. The van der Waals surface area contributed by atoms with E-state index in [-0.39, 0.29) is 0 Å². The summed E-state index contributed by atoms with van der Waals surface area (Å²) in [6.07, 6.45) is 0. The molecule has 108 valence electrons. The summed E-state index contributed by atoms with van der Waals surface area (Å²) in [6, 6.07) is 14.9. The minimum Gasteiger partial charge on any atom is -0.465 e. The SMILES string of the molecule is COC(=O)c1ccccc1NC(=S)Nc1ccccc1C. The van der Waals surface area contributed by atoms with Gasteiger partial charge in [0.25, 0.3) is 0 Å². The van der Waals surface area contributed by atoms with Crippen LogP contribution in [0.3, 0.4) is 0 Å². The van der Waals surface area contributed by atoms with Gasteiger partial charge < -0.3 is 15.4 Å². The van der Waals surface area contributed by atoms with E-state index in [4.69, 9.17) is 17.0 Å². The number of rotatable bonds is 3. The van der Waals surface area contributed by atoms with Gasteiger partial charge in [0.15, 0.2) is 5.11 Å². The zero-order chi connectivity index (χ0) is 15.2. The summed E-state index contributed by atoms with van der Waals surface area (Å²) >= 11 is 5.29. The molecule has 0 aliphatic heterocycles. The predicted octanol–water partition coefficient (Wildman–Crippen LogP) is 3.59. The molecule has 0 radical (unpaired) electrons. The van der Waals surface area contributed by atoms with Crippen LogP contribution in [0.4, 0.5) is 11.4 Å². The van der Waals surface area contributed by atoms with Crippen LogP contribution in [0.2, 0.25) is 0 Å². The first-order valence-electron chi connectivity index (χ1n) is 6.43. The molecule has 0 atom stereocenters. The normalized spacial score (nSPS) is 9.81. The Bertz CT molecular complexity index is 671. The highest BCUT2D eigenvalue weighted by molar-refractivity contribution is 7.80. The van der Waals surface area contributed by atoms with Gasteiger partial charge in [0.2, 0.25) is 0 Å². The molecule has 2 rings (SSSR count). The lowest BCUT2D eigenvalue weighted by molar-refractivity contribution is 0.0602. The predicted molar refractivity (Wildman–Crippen MR) is 88.8 cm³/mol. The van der Waals surface area contributed by atoms with Crippen LogP contribution in [0, 0.1) is 6.92 Å². The Morgan fingerprint density at radius 1 is 1.00 bits per heavy atom. The van der Waals surface area contributed by atoms with E-state index in [2.05, 4.69) is 10.6 Å². The van der Waals surface area contributed by atoms with Crippen molar-refractivity contribution in [1.82, 2.24) is 0 Å². The summed E-state index contributed by atoms with van der Waals surface area (Å²) in [7, 11) is 1.35. The van der Waals surface area contributed by atoms with Gasteiger partial charge in [-0.15, -0.1) is 0 Å². The van der Waals surface area contributed by atoms with Gasteiger partial charge in [-0.25, -0.2) is 4.79 Å². The molecule has 0 aliphatic rings. The second-order valence-corrected chi connectivity index (χ2v) is 4.84. The minimum atomic E-state index is -0.406. The van der Waals surface area contributed by atoms with Crippen molar-refractivity contribution in [2.45, 2.75) is 6.92 Å². The fourth-order valence-electron chi connectivity index (χ4n) is 1.87. The largest absolute Gasteiger partial charge is 0.465 e. The van der Waals surface area contributed by atoms with Gasteiger partial charge in [-0.1, -0.05) is 30.3 Å². The highest BCUT2D eigenvalue weighted by Crippen LogP contribution is 2.18. The Morgan fingerprint density at radius 2 is 1.57 bits per heavy atom. The van der Waals surface area contributed by atoms with Crippen LogP contribution in [0.25, 0.3) is 0 Å². The number of anilines is 2. The van der Waals surface area contributed by atoms with Crippen molar-refractivity contribution in [3.63, 3.8) is 0 Å². The molecule has 0 bridgehead atoms. The molecule has 5 heteroatoms. The summed E-state index contributed by atoms with van der Waals surface area (Å²) < 4.78 is 4.75. The van der Waals surface area contributed by atoms with Gasteiger partial charge in [0.1, 0.15) is 0 Å². The topological polar surface area (TPSA) is 50.4 Å². The van der Waals surface area contributed by atoms with Gasteiger partial charge in [-0.3, -0.25) is 0 Å². The summed E-state index contributed by atoms with van der Waals surface area (Å²) in [5.74, 6) is -0.406. The van der Waals surface area contributed by atoms with Crippen molar-refractivity contribution >= 4 is 34.7 Å². The van der Waals surface area contributed by atoms with E-state index >= 15 is 0 Å². The molecule has 4 nitrogen and oxygen atoms in total. The summed E-state index contributed by atoms with van der Waals surface area (Å²) in [4.78, 5) is 11.7. The Balaban J connectivity index is 2.14. The molecule has 0 saturated heterocycles. The molecule has 2 aromatic carbocycles. The van der Waals surface area contributed by atoms with E-state index < -0.39 is 5.97 Å². The Kier molecular flexibility index (Phi) is 4.90. The second kappa shape index (κ2) is 6.85. The molecule has 0 aromatic heterocycles. The van der Waals surface area contributed by atoms with E-state index in [9.17, 15) is 4.79 Å². The van der Waals surface area contributed by atoms with Crippen LogP contribution in [0.5, 0.6) is 0 Å². The van der Waals surface area contributed by atoms with E-state index in [0.29, 0.717) is 16.4 Å². The molecule has 2 N–H and O–H groups in total. The van der Waals surface area contributed by atoms with E-state index in [1.54, 1.807) is 18.2 Å². The number of benzene rings is 2. The lowest BCUT2D eigenvalue weighted by Gasteiger charge is -2.14. The molecule has 0 aliphatic carbocycles. The molecule has 0 unspecified atom stereocenters. The summed E-state index contributed by atoms with van der Waals surface area (Å²) in [6.45, 7) is 1.99.